The van der Waals surface area contributed by atoms with E-state index in [9.17, 15) is 14.0 Å². The summed E-state index contributed by atoms with van der Waals surface area (Å²) in [5.74, 6) is -2.10. The Bertz CT molecular complexity index is 1880. The summed E-state index contributed by atoms with van der Waals surface area (Å²) in [4.78, 5) is 43.9. The van der Waals surface area contributed by atoms with Gasteiger partial charge in [0, 0.05) is 36.9 Å². The molecule has 0 bridgehead atoms. The second-order valence-corrected chi connectivity index (χ2v) is 11.8. The number of fused-ring (bicyclic) bond motifs is 1. The highest BCUT2D eigenvalue weighted by Gasteiger charge is 2.36. The van der Waals surface area contributed by atoms with E-state index in [2.05, 4.69) is 23.1 Å². The lowest BCUT2D eigenvalue weighted by atomic mass is 10.0. The van der Waals surface area contributed by atoms with Gasteiger partial charge in [-0.25, -0.2) is 23.1 Å². The van der Waals surface area contributed by atoms with E-state index >= 15 is 4.39 Å². The van der Waals surface area contributed by atoms with Gasteiger partial charge in [0.25, 0.3) is 5.91 Å². The number of anilines is 1. The van der Waals surface area contributed by atoms with Gasteiger partial charge in [-0.3, -0.25) is 9.78 Å². The van der Waals surface area contributed by atoms with Gasteiger partial charge in [0.05, 0.1) is 27.5 Å². The van der Waals surface area contributed by atoms with Crippen LogP contribution in [0.5, 0.6) is 0 Å². The average molecular weight is 619 g/mol. The molecule has 1 aliphatic rings. The predicted molar refractivity (Wildman–Crippen MR) is 170 cm³/mol. The summed E-state index contributed by atoms with van der Waals surface area (Å²) in [6, 6.07) is 7.30. The minimum atomic E-state index is -1.03. The molecule has 4 aromatic rings. The van der Waals surface area contributed by atoms with Gasteiger partial charge in [0.2, 0.25) is 0 Å². The molecule has 228 valence electrons. The zero-order chi connectivity index (χ0) is 32.0. The lowest BCUT2D eigenvalue weighted by Crippen LogP contribution is -2.59. The van der Waals surface area contributed by atoms with Gasteiger partial charge in [-0.2, -0.15) is 4.98 Å². The SMILES string of the molecule is C=Cc1cccc(F)c1-c1nc2c(cc1Cl)c(N1[C@@H](C)CN(C(=O)C(=C)F)C[C@@H]1C)nc(=O)n2-c1c(C)ccnc1C(C)C. The number of nitrogens with zero attached hydrogens (tertiary/aromatic N) is 6. The lowest BCUT2D eigenvalue weighted by Gasteiger charge is -2.45. The fraction of sp³-hybridized carbons (Fsp3) is 0.303. The van der Waals surface area contributed by atoms with Crippen LogP contribution in [0.3, 0.4) is 0 Å². The third-order valence-electron chi connectivity index (χ3n) is 7.91. The third kappa shape index (κ3) is 5.27. The molecule has 1 amide bonds. The van der Waals surface area contributed by atoms with E-state index in [1.165, 1.54) is 21.6 Å². The van der Waals surface area contributed by atoms with Crippen LogP contribution in [0.15, 0.2) is 60.3 Å². The molecule has 0 unspecified atom stereocenters. The van der Waals surface area contributed by atoms with Crippen molar-refractivity contribution >= 4 is 40.4 Å². The molecule has 4 heterocycles. The first kappa shape index (κ1) is 31.0. The third-order valence-corrected chi connectivity index (χ3v) is 8.20. The van der Waals surface area contributed by atoms with E-state index in [-0.39, 0.29) is 53.0 Å². The fourth-order valence-corrected chi connectivity index (χ4v) is 6.25. The van der Waals surface area contributed by atoms with Gasteiger partial charge in [-0.1, -0.05) is 56.8 Å². The van der Waals surface area contributed by atoms with Gasteiger partial charge >= 0.3 is 5.69 Å². The van der Waals surface area contributed by atoms with Crippen LogP contribution in [0.25, 0.3) is 34.1 Å². The smallest absolute Gasteiger partial charge is 0.347 e. The van der Waals surface area contributed by atoms with Crippen molar-refractivity contribution in [3.05, 3.63) is 93.7 Å². The molecule has 44 heavy (non-hydrogen) atoms. The van der Waals surface area contributed by atoms with Crippen LogP contribution < -0.4 is 10.6 Å². The number of piperazine rings is 1. The number of rotatable bonds is 6. The van der Waals surface area contributed by atoms with Crippen molar-refractivity contribution in [1.29, 1.82) is 0 Å². The Hall–Kier alpha value is -4.44. The van der Waals surface area contributed by atoms with E-state index in [1.54, 1.807) is 30.5 Å². The van der Waals surface area contributed by atoms with Gasteiger partial charge in [-0.05, 0) is 56.0 Å². The molecule has 0 aliphatic carbocycles. The topological polar surface area (TPSA) is 84.2 Å². The lowest BCUT2D eigenvalue weighted by molar-refractivity contribution is -0.129. The number of aryl methyl sites for hydroxylation is 1. The number of benzene rings is 1. The minimum absolute atomic E-state index is 0.0480. The molecular formula is C33H33ClF2N6O2. The quantitative estimate of drug-likeness (QED) is 0.226. The van der Waals surface area contributed by atoms with Crippen LogP contribution in [-0.4, -0.2) is 55.5 Å². The summed E-state index contributed by atoms with van der Waals surface area (Å²) >= 11 is 6.86. The highest BCUT2D eigenvalue weighted by molar-refractivity contribution is 6.34. The Morgan fingerprint density at radius 1 is 1.16 bits per heavy atom. The normalized spacial score (nSPS) is 16.9. The largest absolute Gasteiger partial charge is 0.355 e. The predicted octanol–water partition coefficient (Wildman–Crippen LogP) is 6.62. The molecular weight excluding hydrogens is 586 g/mol. The highest BCUT2D eigenvalue weighted by Crippen LogP contribution is 2.38. The number of carbonyl (C=O) groups excluding carboxylic acids is 1. The average Bonchev–Trinajstić information content (AvgIpc) is 2.96. The molecule has 0 spiro atoms. The van der Waals surface area contributed by atoms with Crippen molar-refractivity contribution in [1.82, 2.24) is 24.4 Å². The van der Waals surface area contributed by atoms with Crippen LogP contribution in [0.2, 0.25) is 5.02 Å². The molecule has 2 atom stereocenters. The summed E-state index contributed by atoms with van der Waals surface area (Å²) in [5.41, 5.74) is 2.36. The molecule has 1 aliphatic heterocycles. The molecule has 1 saturated heterocycles. The summed E-state index contributed by atoms with van der Waals surface area (Å²) in [5, 5.41) is 0.593. The molecule has 0 saturated carbocycles. The van der Waals surface area contributed by atoms with Crippen LogP contribution in [0.1, 0.15) is 50.4 Å². The van der Waals surface area contributed by atoms with E-state index < -0.39 is 23.2 Å². The first-order valence-corrected chi connectivity index (χ1v) is 14.7. The van der Waals surface area contributed by atoms with Crippen molar-refractivity contribution in [3.63, 3.8) is 0 Å². The van der Waals surface area contributed by atoms with Crippen LogP contribution in [0, 0.1) is 12.7 Å². The Kier molecular flexibility index (Phi) is 8.40. The first-order chi connectivity index (χ1) is 20.8. The maximum Gasteiger partial charge on any atom is 0.355 e. The standard InChI is InChI=1S/C33H33ClF2N6O2/c1-8-22-10-9-11-25(36)26(22)28-24(34)14-23-30(38-28)42(29-18(4)12-13-37-27(29)17(2)3)33(44)39-31(23)41-19(5)15-40(16-20(41)6)32(43)21(7)35/h8-14,17,19-20H,1,7,15-16H2,2-6H3/t19-,20-/m0/s1. The van der Waals surface area contributed by atoms with Gasteiger partial charge in [0.1, 0.15) is 11.6 Å². The van der Waals surface area contributed by atoms with E-state index in [4.69, 9.17) is 16.6 Å². The van der Waals surface area contributed by atoms with Crippen molar-refractivity contribution < 1.29 is 13.6 Å². The van der Waals surface area contributed by atoms with Crippen molar-refractivity contribution in [3.8, 4) is 16.9 Å². The van der Waals surface area contributed by atoms with E-state index in [0.717, 1.165) is 5.56 Å². The van der Waals surface area contributed by atoms with Crippen LogP contribution >= 0.6 is 11.6 Å². The van der Waals surface area contributed by atoms with E-state index in [1.807, 2.05) is 39.5 Å². The number of aromatic nitrogens is 4. The Balaban J connectivity index is 1.85. The molecule has 1 fully saturated rings. The number of halogens is 3. The van der Waals surface area contributed by atoms with E-state index in [0.29, 0.717) is 28.1 Å². The second-order valence-electron chi connectivity index (χ2n) is 11.4. The number of hydrogen-bond acceptors (Lipinski definition) is 6. The minimum Gasteiger partial charge on any atom is -0.347 e. The molecule has 11 heteroatoms. The van der Waals surface area contributed by atoms with Gasteiger partial charge in [-0.15, -0.1) is 0 Å². The number of amides is 1. The zero-order valence-electron chi connectivity index (χ0n) is 25.2. The summed E-state index contributed by atoms with van der Waals surface area (Å²) in [7, 11) is 0. The maximum atomic E-state index is 15.4. The van der Waals surface area contributed by atoms with Crippen molar-refractivity contribution in [2.45, 2.75) is 52.6 Å². The summed E-state index contributed by atoms with van der Waals surface area (Å²) in [6.45, 7) is 16.9. The number of pyridine rings is 2. The fourth-order valence-electron chi connectivity index (χ4n) is 6.00. The molecule has 3 aromatic heterocycles. The molecule has 8 nitrogen and oxygen atoms in total. The Morgan fingerprint density at radius 3 is 2.45 bits per heavy atom. The van der Waals surface area contributed by atoms with Crippen molar-refractivity contribution in [2.75, 3.05) is 18.0 Å². The number of hydrogen-bond donors (Lipinski definition) is 0. The molecule has 5 rings (SSSR count). The Labute approximate surface area is 259 Å². The molecule has 0 N–H and O–H groups in total. The Morgan fingerprint density at radius 2 is 1.84 bits per heavy atom. The van der Waals surface area contributed by atoms with Crippen molar-refractivity contribution in [2.24, 2.45) is 0 Å². The molecule has 1 aromatic carbocycles. The van der Waals surface area contributed by atoms with Gasteiger partial charge < -0.3 is 9.80 Å². The highest BCUT2D eigenvalue weighted by atomic mass is 35.5. The number of carbonyl (C=O) groups is 1. The van der Waals surface area contributed by atoms with Gasteiger partial charge in [0.15, 0.2) is 11.5 Å². The van der Waals surface area contributed by atoms with Crippen LogP contribution in [-0.2, 0) is 4.79 Å². The summed E-state index contributed by atoms with van der Waals surface area (Å²) in [6.07, 6.45) is 3.20. The summed E-state index contributed by atoms with van der Waals surface area (Å²) < 4.78 is 30.5. The second kappa shape index (κ2) is 11.9. The van der Waals surface area contributed by atoms with Crippen LogP contribution in [0.4, 0.5) is 14.6 Å². The monoisotopic (exact) mass is 618 g/mol. The zero-order valence-corrected chi connectivity index (χ0v) is 26.0. The maximum absolute atomic E-state index is 15.4. The first-order valence-electron chi connectivity index (χ1n) is 14.3. The molecule has 0 radical (unpaired) electrons.